The van der Waals surface area contributed by atoms with Gasteiger partial charge in [-0.2, -0.15) is 0 Å². The number of methoxy groups -OCH3 is 1. The van der Waals surface area contributed by atoms with Crippen LogP contribution in [0.2, 0.25) is 5.02 Å². The molecule has 4 atom stereocenters. The van der Waals surface area contributed by atoms with Gasteiger partial charge in [-0.15, -0.1) is 0 Å². The van der Waals surface area contributed by atoms with Gasteiger partial charge in [0.2, 0.25) is 0 Å². The van der Waals surface area contributed by atoms with E-state index in [9.17, 15) is 19.8 Å². The van der Waals surface area contributed by atoms with Crippen molar-refractivity contribution < 1.29 is 29.3 Å². The third-order valence-corrected chi connectivity index (χ3v) is 5.47. The number of carbonyl (C=O) groups is 2. The van der Waals surface area contributed by atoms with Crippen molar-refractivity contribution in [3.05, 3.63) is 53.6 Å². The van der Waals surface area contributed by atoms with Crippen molar-refractivity contribution in [3.63, 3.8) is 0 Å². The monoisotopic (exact) mass is 436 g/mol. The fourth-order valence-electron chi connectivity index (χ4n) is 3.52. The second-order valence-corrected chi connectivity index (χ2v) is 7.76. The van der Waals surface area contributed by atoms with Gasteiger partial charge in [0, 0.05) is 5.02 Å². The van der Waals surface area contributed by atoms with Gasteiger partial charge >= 0.3 is 5.97 Å². The van der Waals surface area contributed by atoms with Crippen molar-refractivity contribution >= 4 is 23.4 Å². The molecule has 1 aromatic rings. The van der Waals surface area contributed by atoms with E-state index in [4.69, 9.17) is 16.3 Å². The van der Waals surface area contributed by atoms with Gasteiger partial charge in [-0.3, -0.25) is 4.79 Å². The van der Waals surface area contributed by atoms with E-state index in [1.807, 2.05) is 12.1 Å². The Bertz CT molecular complexity index is 743. The predicted molar refractivity (Wildman–Crippen MR) is 114 cm³/mol. The molecule has 1 aromatic carbocycles. The summed E-state index contributed by atoms with van der Waals surface area (Å²) < 4.78 is 10.00. The van der Waals surface area contributed by atoms with Gasteiger partial charge < -0.3 is 19.7 Å². The fourth-order valence-corrected chi connectivity index (χ4v) is 3.65. The zero-order valence-corrected chi connectivity index (χ0v) is 17.8. The molecule has 1 fully saturated rings. The first-order chi connectivity index (χ1) is 14.4. The smallest absolute Gasteiger partial charge is 0.337 e. The van der Waals surface area contributed by atoms with Gasteiger partial charge in [0.05, 0.1) is 13.7 Å². The summed E-state index contributed by atoms with van der Waals surface area (Å²) in [6, 6.07) is 7.27. The zero-order valence-electron chi connectivity index (χ0n) is 17.1. The van der Waals surface area contributed by atoms with Gasteiger partial charge in [-0.05, 0) is 67.9 Å². The molecule has 0 heterocycles. The largest absolute Gasteiger partial charge is 0.493 e. The Kier molecular flexibility index (Phi) is 10.1. The summed E-state index contributed by atoms with van der Waals surface area (Å²) in [5.41, 5.74) is 0. The van der Waals surface area contributed by atoms with Crippen LogP contribution in [0, 0.1) is 11.8 Å². The molecule has 0 saturated heterocycles. The van der Waals surface area contributed by atoms with Gasteiger partial charge in [0.1, 0.15) is 5.75 Å². The Labute approximate surface area is 182 Å². The first-order valence-corrected chi connectivity index (χ1v) is 10.5. The molecule has 1 aliphatic rings. The summed E-state index contributed by atoms with van der Waals surface area (Å²) in [7, 11) is 1.08. The molecule has 1 aliphatic carbocycles. The van der Waals surface area contributed by atoms with Crippen molar-refractivity contribution in [3.8, 4) is 5.75 Å². The van der Waals surface area contributed by atoms with Crippen LogP contribution in [0.3, 0.4) is 0 Å². The lowest BCUT2D eigenvalue weighted by molar-refractivity contribution is -0.159. The Morgan fingerprint density at radius 1 is 1.17 bits per heavy atom. The third kappa shape index (κ3) is 7.59. The van der Waals surface area contributed by atoms with E-state index in [1.54, 1.807) is 18.2 Å². The van der Waals surface area contributed by atoms with Crippen LogP contribution in [0.25, 0.3) is 0 Å². The molecule has 2 unspecified atom stereocenters. The number of ketones is 1. The number of aliphatic hydroxyl groups is 2. The van der Waals surface area contributed by atoms with Crippen molar-refractivity contribution in [2.45, 2.75) is 44.3 Å². The molecule has 0 aromatic heterocycles. The molecular weight excluding hydrogens is 408 g/mol. The van der Waals surface area contributed by atoms with Crippen molar-refractivity contribution in [1.29, 1.82) is 0 Å². The topological polar surface area (TPSA) is 93.1 Å². The molecule has 0 spiro atoms. The van der Waals surface area contributed by atoms with Crippen molar-refractivity contribution in [1.82, 2.24) is 0 Å². The molecule has 0 radical (unpaired) electrons. The molecule has 2 rings (SSSR count). The van der Waals surface area contributed by atoms with Crippen molar-refractivity contribution in [2.75, 3.05) is 13.7 Å². The molecular formula is C23H29ClO6. The Hall–Kier alpha value is -2.15. The zero-order chi connectivity index (χ0) is 21.9. The average molecular weight is 437 g/mol. The van der Waals surface area contributed by atoms with Crippen LogP contribution in [0.1, 0.15) is 32.1 Å². The summed E-state index contributed by atoms with van der Waals surface area (Å²) in [5.74, 6) is -0.0977. The highest BCUT2D eigenvalue weighted by molar-refractivity contribution is 6.30. The second kappa shape index (κ2) is 12.5. The number of rotatable bonds is 11. The van der Waals surface area contributed by atoms with Gasteiger partial charge in [-0.1, -0.05) is 36.2 Å². The summed E-state index contributed by atoms with van der Waals surface area (Å²) in [4.78, 5) is 23.1. The molecule has 0 amide bonds. The Balaban J connectivity index is 1.73. The third-order valence-electron chi connectivity index (χ3n) is 5.22. The predicted octanol–water partition coefficient (Wildman–Crippen LogP) is 3.49. The normalized spacial score (nSPS) is 21.1. The van der Waals surface area contributed by atoms with E-state index in [0.717, 1.165) is 38.5 Å². The summed E-state index contributed by atoms with van der Waals surface area (Å²) in [6.07, 6.45) is 8.41. The van der Waals surface area contributed by atoms with Gasteiger partial charge in [0.15, 0.2) is 18.0 Å². The number of ether oxygens (including phenoxy) is 2. The summed E-state index contributed by atoms with van der Waals surface area (Å²) >= 11 is 5.85. The number of allylic oxidation sites excluding steroid dienone is 2. The van der Waals surface area contributed by atoms with Crippen LogP contribution in [0.5, 0.6) is 5.75 Å². The second-order valence-electron chi connectivity index (χ2n) is 7.33. The standard InChI is InChI=1S/C23H29ClO6/c1-29-23(28)22(27)21(26)20(25)10-5-9-17-8-4-7-16(17)6-2-3-15-30-19-13-11-18(24)12-14-19/h2,5-6,10-14,16-17,21-22,26-27H,3-4,7-9,15H2,1H3/t16-,17+,21?,22?/m0/s1. The Morgan fingerprint density at radius 3 is 2.60 bits per heavy atom. The van der Waals surface area contributed by atoms with Crippen LogP contribution in [0.15, 0.2) is 48.6 Å². The molecule has 0 bridgehead atoms. The maximum Gasteiger partial charge on any atom is 0.337 e. The highest BCUT2D eigenvalue weighted by Gasteiger charge is 2.29. The first-order valence-electron chi connectivity index (χ1n) is 10.1. The molecule has 30 heavy (non-hydrogen) atoms. The average Bonchev–Trinajstić information content (AvgIpc) is 3.20. The van der Waals surface area contributed by atoms with Crippen LogP contribution in [-0.4, -0.2) is 47.9 Å². The number of halogens is 1. The van der Waals surface area contributed by atoms with E-state index >= 15 is 0 Å². The van der Waals surface area contributed by atoms with E-state index in [1.165, 1.54) is 6.08 Å². The maximum atomic E-state index is 11.9. The summed E-state index contributed by atoms with van der Waals surface area (Å²) in [5, 5.41) is 19.9. The van der Waals surface area contributed by atoms with E-state index in [0.29, 0.717) is 29.9 Å². The van der Waals surface area contributed by atoms with Crippen LogP contribution in [0.4, 0.5) is 0 Å². The number of hydrogen-bond acceptors (Lipinski definition) is 6. The Morgan fingerprint density at radius 2 is 1.90 bits per heavy atom. The number of hydrogen-bond donors (Lipinski definition) is 2. The van der Waals surface area contributed by atoms with E-state index in [2.05, 4.69) is 16.9 Å². The quantitative estimate of drug-likeness (QED) is 0.239. The SMILES string of the molecule is COC(=O)C(O)C(O)C(=O)C=CC[C@H]1CCC[C@@H]1C=CCCOc1ccc(Cl)cc1. The molecule has 7 heteroatoms. The van der Waals surface area contributed by atoms with Gasteiger partial charge in [0.25, 0.3) is 0 Å². The fraction of sp³-hybridized carbons (Fsp3) is 0.478. The molecule has 164 valence electrons. The number of carbonyl (C=O) groups excluding carboxylic acids is 2. The van der Waals surface area contributed by atoms with Crippen LogP contribution >= 0.6 is 11.6 Å². The maximum absolute atomic E-state index is 11.9. The van der Waals surface area contributed by atoms with Crippen molar-refractivity contribution in [2.24, 2.45) is 11.8 Å². The minimum Gasteiger partial charge on any atom is -0.493 e. The molecule has 0 aliphatic heterocycles. The number of esters is 1. The molecule has 2 N–H and O–H groups in total. The number of benzene rings is 1. The highest BCUT2D eigenvalue weighted by Crippen LogP contribution is 2.35. The van der Waals surface area contributed by atoms with E-state index in [-0.39, 0.29) is 0 Å². The minimum atomic E-state index is -1.87. The van der Waals surface area contributed by atoms with Crippen LogP contribution in [-0.2, 0) is 14.3 Å². The number of aliphatic hydroxyl groups excluding tert-OH is 2. The molecule has 6 nitrogen and oxygen atoms in total. The highest BCUT2D eigenvalue weighted by atomic mass is 35.5. The van der Waals surface area contributed by atoms with E-state index < -0.39 is 24.0 Å². The molecule has 1 saturated carbocycles. The first kappa shape index (κ1) is 24.1. The van der Waals surface area contributed by atoms with Crippen LogP contribution < -0.4 is 4.74 Å². The minimum absolute atomic E-state index is 0.421. The summed E-state index contributed by atoms with van der Waals surface area (Å²) in [6.45, 7) is 0.588. The van der Waals surface area contributed by atoms with Gasteiger partial charge in [-0.25, -0.2) is 4.79 Å². The lowest BCUT2D eigenvalue weighted by Crippen LogP contribution is -2.39. The lowest BCUT2D eigenvalue weighted by atomic mass is 9.92. The lowest BCUT2D eigenvalue weighted by Gasteiger charge is -2.15.